The van der Waals surface area contributed by atoms with Gasteiger partial charge in [-0.1, -0.05) is 0 Å². The van der Waals surface area contributed by atoms with E-state index in [0.29, 0.717) is 0 Å². The molecule has 0 aromatic carbocycles. The Balaban J connectivity index is 3.48. The van der Waals surface area contributed by atoms with Crippen LogP contribution in [0.15, 0.2) is 12.3 Å². The van der Waals surface area contributed by atoms with E-state index in [-0.39, 0.29) is 19.0 Å². The summed E-state index contributed by atoms with van der Waals surface area (Å²) in [6, 6.07) is 0. The van der Waals surface area contributed by atoms with E-state index < -0.39 is 11.9 Å². The molecular weight excluding hydrogens is 176 g/mol. The molecule has 0 heterocycles. The van der Waals surface area contributed by atoms with Gasteiger partial charge in [-0.15, -0.1) is 0 Å². The van der Waals surface area contributed by atoms with E-state index >= 15 is 0 Å². The fourth-order valence-electron chi connectivity index (χ4n) is 0.523. The van der Waals surface area contributed by atoms with Crippen LogP contribution in [0.25, 0.3) is 0 Å². The molecule has 0 rings (SSSR count). The predicted octanol–water partition coefficient (Wildman–Crippen LogP) is 0.253. The van der Waals surface area contributed by atoms with Crippen LogP contribution in [0, 0.1) is 0 Å². The predicted molar refractivity (Wildman–Crippen MR) is 43.7 cm³/mol. The highest BCUT2D eigenvalue weighted by Crippen LogP contribution is 1.95. The van der Waals surface area contributed by atoms with Crippen LogP contribution in [0.2, 0.25) is 0 Å². The maximum Gasteiger partial charge on any atom is 0.372 e. The molecule has 0 aromatic heterocycles. The van der Waals surface area contributed by atoms with Gasteiger partial charge in [0.2, 0.25) is 0 Å². The minimum absolute atomic E-state index is 0.0886. The van der Waals surface area contributed by atoms with E-state index in [2.05, 4.69) is 16.1 Å². The minimum atomic E-state index is -0.636. The van der Waals surface area contributed by atoms with Gasteiger partial charge in [-0.25, -0.2) is 4.79 Å². The standard InChI is InChI=1S/C8H12O5/c1-6(8(10)11-3)12-4-5-13-7(2)9/h1,4-5H2,2-3H3. The summed E-state index contributed by atoms with van der Waals surface area (Å²) in [5.41, 5.74) is 0. The zero-order valence-corrected chi connectivity index (χ0v) is 7.66. The van der Waals surface area contributed by atoms with Gasteiger partial charge in [0, 0.05) is 6.92 Å². The Morgan fingerprint density at radius 2 is 1.77 bits per heavy atom. The molecule has 0 bridgehead atoms. The second-order valence-electron chi connectivity index (χ2n) is 2.10. The quantitative estimate of drug-likeness (QED) is 0.268. The maximum absolute atomic E-state index is 10.7. The summed E-state index contributed by atoms with van der Waals surface area (Å²) < 4.78 is 13.7. The third kappa shape index (κ3) is 5.72. The highest BCUT2D eigenvalue weighted by Gasteiger charge is 2.06. The number of methoxy groups -OCH3 is 1. The number of ether oxygens (including phenoxy) is 3. The number of carbonyl (C=O) groups excluding carboxylic acids is 2. The summed E-state index contributed by atoms with van der Waals surface area (Å²) in [7, 11) is 1.23. The fraction of sp³-hybridized carbons (Fsp3) is 0.500. The molecule has 74 valence electrons. The minimum Gasteiger partial charge on any atom is -0.483 e. The number of esters is 2. The van der Waals surface area contributed by atoms with E-state index in [1.165, 1.54) is 14.0 Å². The lowest BCUT2D eigenvalue weighted by Crippen LogP contribution is -2.12. The van der Waals surface area contributed by atoms with Crippen molar-refractivity contribution >= 4 is 11.9 Å². The van der Waals surface area contributed by atoms with Gasteiger partial charge in [-0.05, 0) is 6.58 Å². The van der Waals surface area contributed by atoms with E-state index in [1.54, 1.807) is 0 Å². The average Bonchev–Trinajstić information content (AvgIpc) is 2.10. The molecule has 0 aliphatic heterocycles. The van der Waals surface area contributed by atoms with Crippen LogP contribution >= 0.6 is 0 Å². The highest BCUT2D eigenvalue weighted by atomic mass is 16.6. The van der Waals surface area contributed by atoms with Crippen LogP contribution < -0.4 is 0 Å². The van der Waals surface area contributed by atoms with Crippen LogP contribution in [0.5, 0.6) is 0 Å². The zero-order valence-electron chi connectivity index (χ0n) is 7.66. The molecule has 0 atom stereocenters. The van der Waals surface area contributed by atoms with Gasteiger partial charge in [0.25, 0.3) is 0 Å². The topological polar surface area (TPSA) is 61.8 Å². The molecule has 0 unspecified atom stereocenters. The molecule has 0 saturated carbocycles. The number of hydrogen-bond donors (Lipinski definition) is 0. The summed E-state index contributed by atoms with van der Waals surface area (Å²) in [4.78, 5) is 21.0. The summed E-state index contributed by atoms with van der Waals surface area (Å²) in [6.07, 6.45) is 0. The molecule has 5 heteroatoms. The van der Waals surface area contributed by atoms with Crippen molar-refractivity contribution in [1.29, 1.82) is 0 Å². The van der Waals surface area contributed by atoms with Crippen molar-refractivity contribution in [1.82, 2.24) is 0 Å². The summed E-state index contributed by atoms with van der Waals surface area (Å²) in [5.74, 6) is -1.13. The smallest absolute Gasteiger partial charge is 0.372 e. The summed E-state index contributed by atoms with van der Waals surface area (Å²) >= 11 is 0. The average molecular weight is 188 g/mol. The second-order valence-corrected chi connectivity index (χ2v) is 2.10. The number of hydrogen-bond acceptors (Lipinski definition) is 5. The lowest BCUT2D eigenvalue weighted by molar-refractivity contribution is -0.143. The molecule has 0 aliphatic rings. The van der Waals surface area contributed by atoms with Crippen molar-refractivity contribution in [2.24, 2.45) is 0 Å². The van der Waals surface area contributed by atoms with Gasteiger partial charge >= 0.3 is 11.9 Å². The molecule has 0 saturated heterocycles. The van der Waals surface area contributed by atoms with Gasteiger partial charge in [-0.2, -0.15) is 0 Å². The third-order valence-electron chi connectivity index (χ3n) is 1.08. The number of carbonyl (C=O) groups is 2. The third-order valence-corrected chi connectivity index (χ3v) is 1.08. The van der Waals surface area contributed by atoms with E-state index in [4.69, 9.17) is 4.74 Å². The molecule has 0 fully saturated rings. The van der Waals surface area contributed by atoms with Crippen LogP contribution in [-0.2, 0) is 23.8 Å². The largest absolute Gasteiger partial charge is 0.483 e. The van der Waals surface area contributed by atoms with Gasteiger partial charge in [-0.3, -0.25) is 4.79 Å². The van der Waals surface area contributed by atoms with E-state index in [0.717, 1.165) is 0 Å². The second kappa shape index (κ2) is 6.05. The fourth-order valence-corrected chi connectivity index (χ4v) is 0.523. The van der Waals surface area contributed by atoms with Crippen LogP contribution in [0.1, 0.15) is 6.92 Å². The molecule has 0 radical (unpaired) electrons. The van der Waals surface area contributed by atoms with Crippen molar-refractivity contribution in [3.8, 4) is 0 Å². The SMILES string of the molecule is C=C(OCCOC(C)=O)C(=O)OC. The highest BCUT2D eigenvalue weighted by molar-refractivity contribution is 5.85. The van der Waals surface area contributed by atoms with Crippen molar-refractivity contribution in [2.45, 2.75) is 6.92 Å². The van der Waals surface area contributed by atoms with Gasteiger partial charge < -0.3 is 14.2 Å². The first-order valence-corrected chi connectivity index (χ1v) is 3.61. The van der Waals surface area contributed by atoms with Crippen molar-refractivity contribution in [3.63, 3.8) is 0 Å². The monoisotopic (exact) mass is 188 g/mol. The van der Waals surface area contributed by atoms with Crippen molar-refractivity contribution in [2.75, 3.05) is 20.3 Å². The van der Waals surface area contributed by atoms with Gasteiger partial charge in [0.05, 0.1) is 7.11 Å². The van der Waals surface area contributed by atoms with E-state index in [1.807, 2.05) is 0 Å². The first-order chi connectivity index (χ1) is 6.07. The summed E-state index contributed by atoms with van der Waals surface area (Å²) in [5, 5.41) is 0. The molecule has 5 nitrogen and oxygen atoms in total. The van der Waals surface area contributed by atoms with Gasteiger partial charge in [0.1, 0.15) is 13.2 Å². The summed E-state index contributed by atoms with van der Waals surface area (Å²) in [6.45, 7) is 4.77. The number of rotatable bonds is 5. The molecule has 0 aromatic rings. The normalized spacial score (nSPS) is 8.77. The van der Waals surface area contributed by atoms with Crippen molar-refractivity contribution in [3.05, 3.63) is 12.3 Å². The molecule has 0 amide bonds. The van der Waals surface area contributed by atoms with Crippen LogP contribution in [-0.4, -0.2) is 32.3 Å². The zero-order chi connectivity index (χ0) is 10.3. The molecule has 13 heavy (non-hydrogen) atoms. The first-order valence-electron chi connectivity index (χ1n) is 3.61. The molecule has 0 N–H and O–H groups in total. The Labute approximate surface area is 76.3 Å². The first kappa shape index (κ1) is 11.5. The van der Waals surface area contributed by atoms with Crippen molar-refractivity contribution < 1.29 is 23.8 Å². The Bertz CT molecular complexity index is 209. The molecule has 0 aliphatic carbocycles. The maximum atomic E-state index is 10.7. The lowest BCUT2D eigenvalue weighted by atomic mass is 10.6. The van der Waals surface area contributed by atoms with E-state index in [9.17, 15) is 9.59 Å². The van der Waals surface area contributed by atoms with Crippen LogP contribution in [0.3, 0.4) is 0 Å². The Kier molecular flexibility index (Phi) is 5.34. The Morgan fingerprint density at radius 3 is 2.23 bits per heavy atom. The molecule has 0 spiro atoms. The molecular formula is C8H12O5. The Hall–Kier alpha value is -1.52. The lowest BCUT2D eigenvalue weighted by Gasteiger charge is -2.06. The Morgan fingerprint density at radius 1 is 1.23 bits per heavy atom. The van der Waals surface area contributed by atoms with Crippen LogP contribution in [0.4, 0.5) is 0 Å². The van der Waals surface area contributed by atoms with Gasteiger partial charge in [0.15, 0.2) is 5.76 Å².